The van der Waals surface area contributed by atoms with Gasteiger partial charge in [-0.1, -0.05) is 52.8 Å². The second-order valence-corrected chi connectivity index (χ2v) is 19.1. The van der Waals surface area contributed by atoms with E-state index in [9.17, 15) is 57.5 Å². The van der Waals surface area contributed by atoms with E-state index in [0.29, 0.717) is 5.03 Å². The van der Waals surface area contributed by atoms with Crippen LogP contribution >= 0.6 is 55.8 Å². The lowest BCUT2D eigenvalue weighted by molar-refractivity contribution is -0.140. The largest absolute Gasteiger partial charge is 0.480 e. The predicted molar refractivity (Wildman–Crippen MR) is 266 cm³/mol. The van der Waals surface area contributed by atoms with Crippen molar-refractivity contribution in [1.29, 1.82) is 0 Å². The molecule has 6 atom stereocenters. The Morgan fingerprint density at radius 1 is 0.563 bits per heavy atom. The summed E-state index contributed by atoms with van der Waals surface area (Å²) in [4.78, 5) is 138. The van der Waals surface area contributed by atoms with Crippen molar-refractivity contribution in [2.75, 3.05) is 42.6 Å². The number of nitrogens with zero attached hydrogens (tertiary/aromatic N) is 1. The Morgan fingerprint density at radius 2 is 0.915 bits per heavy atom. The van der Waals surface area contributed by atoms with Crippen molar-refractivity contribution >= 4 is 127 Å². The van der Waals surface area contributed by atoms with E-state index in [1.807, 2.05) is 6.92 Å². The summed E-state index contributed by atoms with van der Waals surface area (Å²) < 4.78 is 0. The second-order valence-electron chi connectivity index (χ2n) is 13.6. The third-order valence-electron chi connectivity index (χ3n) is 7.83. The zero-order chi connectivity index (χ0) is 53.8. The number of rotatable bonds is 33. The third-order valence-corrected chi connectivity index (χ3v) is 13.0. The number of carboxylic acid groups (broad SMARTS) is 6. The Kier molecular flexibility index (Phi) is 40.3. The molecule has 1 rings (SSSR count). The molecule has 18 N–H and O–H groups in total. The van der Waals surface area contributed by atoms with Gasteiger partial charge in [0.05, 0.1) is 0 Å². The van der Waals surface area contributed by atoms with Gasteiger partial charge >= 0.3 is 35.8 Å². The van der Waals surface area contributed by atoms with Crippen LogP contribution in [0.1, 0.15) is 52.9 Å². The van der Waals surface area contributed by atoms with Gasteiger partial charge in [-0.3, -0.25) is 57.5 Å². The fourth-order valence-corrected chi connectivity index (χ4v) is 8.36. The Labute approximate surface area is 428 Å². The number of aliphatic carboxylic acids is 6. The maximum atomic E-state index is 12.1. The van der Waals surface area contributed by atoms with Crippen LogP contribution in [-0.4, -0.2) is 186 Å². The molecular weight excluding hydrogens is 1040 g/mol. The highest BCUT2D eigenvalue weighted by Crippen LogP contribution is 2.29. The minimum atomic E-state index is -1.22. The number of pyridine rings is 1. The average Bonchev–Trinajstić information content (AvgIpc) is 3.30. The first-order valence-corrected chi connectivity index (χ1v) is 25.7. The molecule has 1 aromatic rings. The SMILES string of the molecule is C.CCSSCC(NC(=O)CCC(N)C(=O)O)C(=O)NCC(=O)O.NC(CCC(=O)NC(CS)C(=O)NCC(=O)O)C(=O)O.NC(CCC(=O)NC(CSSc1ccccn1)C(=O)NCC(=O)O)C(=O)O. The molecule has 1 heterocycles. The number of hydrogen-bond donors (Lipinski definition) is 16. The molecule has 0 aliphatic carbocycles. The first kappa shape index (κ1) is 69.7. The van der Waals surface area contributed by atoms with Crippen LogP contribution in [-0.2, 0) is 57.5 Å². The zero-order valence-electron chi connectivity index (χ0n) is 37.3. The summed E-state index contributed by atoms with van der Waals surface area (Å²) in [5, 5.41) is 66.0. The van der Waals surface area contributed by atoms with Gasteiger partial charge in [0.25, 0.3) is 0 Å². The lowest BCUT2D eigenvalue weighted by atomic mass is 10.1. The molecule has 33 heteroatoms. The van der Waals surface area contributed by atoms with Crippen LogP contribution in [0.3, 0.4) is 0 Å². The maximum absolute atomic E-state index is 12.1. The number of carboxylic acids is 6. The third kappa shape index (κ3) is 37.9. The number of nitrogens with two attached hydrogens (primary N) is 3. The van der Waals surface area contributed by atoms with Gasteiger partial charge in [0.2, 0.25) is 35.4 Å². The van der Waals surface area contributed by atoms with Gasteiger partial charge in [-0.05, 0) is 42.2 Å². The van der Waals surface area contributed by atoms with Crippen molar-refractivity contribution in [1.82, 2.24) is 36.9 Å². The second kappa shape index (κ2) is 41.1. The molecule has 0 saturated heterocycles. The molecule has 0 fully saturated rings. The molecule has 71 heavy (non-hydrogen) atoms. The molecular formula is C38H62N10O18S5. The van der Waals surface area contributed by atoms with E-state index in [4.69, 9.17) is 47.8 Å². The summed E-state index contributed by atoms with van der Waals surface area (Å²) in [5.41, 5.74) is 15.9. The minimum absolute atomic E-state index is 0. The molecule has 0 aliphatic heterocycles. The van der Waals surface area contributed by atoms with Gasteiger partial charge in [0.1, 0.15) is 60.9 Å². The number of amides is 6. The summed E-state index contributed by atoms with van der Waals surface area (Å²) in [7, 11) is 5.43. The van der Waals surface area contributed by atoms with Crippen molar-refractivity contribution in [2.45, 2.75) is 94.2 Å². The lowest BCUT2D eigenvalue weighted by Crippen LogP contribution is -2.49. The molecule has 28 nitrogen and oxygen atoms in total. The highest BCUT2D eigenvalue weighted by atomic mass is 33.1. The Hall–Kier alpha value is -5.58. The van der Waals surface area contributed by atoms with Gasteiger partial charge in [-0.2, -0.15) is 12.6 Å². The van der Waals surface area contributed by atoms with Crippen molar-refractivity contribution in [3.63, 3.8) is 0 Å². The highest BCUT2D eigenvalue weighted by molar-refractivity contribution is 8.77. The van der Waals surface area contributed by atoms with E-state index in [2.05, 4.69) is 49.5 Å². The standard InChI is InChI=1S/C15H20N4O6S2.C12H21N3O6S2.C10H17N3O6S.CH4/c16-9(15(24)25)4-5-11(20)19-10(14(23)18-7-13(21)22)8-26-27-12-3-1-2-6-17-12;1-2-22-23-6-8(11(19)14-5-10(17)18)15-9(16)4-3-7(13)12(20)21;11-5(10(18)19)1-2-7(14)13-6(4-20)9(17)12-3-8(15)16;/h1-3,6,9-10H,4-5,7-8,16H2,(H,18,23)(H,19,20)(H,21,22)(H,24,25);7-8H,2-6,13H2,1H3,(H,14,19)(H,15,16)(H,17,18)(H,20,21);5-6,20H,1-4,11H2,(H,12,17)(H,13,14)(H,15,16)(H,18,19);1H4. The van der Waals surface area contributed by atoms with Crippen LogP contribution in [0.25, 0.3) is 0 Å². The van der Waals surface area contributed by atoms with Crippen molar-refractivity contribution < 1.29 is 88.2 Å². The van der Waals surface area contributed by atoms with Crippen LogP contribution in [0.2, 0.25) is 0 Å². The first-order valence-electron chi connectivity index (χ1n) is 20.2. The van der Waals surface area contributed by atoms with E-state index in [0.717, 1.165) is 5.75 Å². The Morgan fingerprint density at radius 3 is 1.23 bits per heavy atom. The summed E-state index contributed by atoms with van der Waals surface area (Å²) >= 11 is 3.87. The fraction of sp³-hybridized carbons (Fsp3) is 0.553. The van der Waals surface area contributed by atoms with Crippen molar-refractivity contribution in [3.05, 3.63) is 24.4 Å². The van der Waals surface area contributed by atoms with Gasteiger partial charge in [-0.15, -0.1) is 0 Å². The molecule has 0 spiro atoms. The van der Waals surface area contributed by atoms with Gasteiger partial charge in [0, 0.05) is 48.5 Å². The highest BCUT2D eigenvalue weighted by Gasteiger charge is 2.25. The first-order chi connectivity index (χ1) is 32.8. The normalized spacial score (nSPS) is 12.7. The van der Waals surface area contributed by atoms with E-state index in [1.54, 1.807) is 24.4 Å². The zero-order valence-corrected chi connectivity index (χ0v) is 41.5. The van der Waals surface area contributed by atoms with E-state index >= 15 is 0 Å². The molecule has 6 amide bonds. The number of hydrogen-bond acceptors (Lipinski definition) is 21. The number of aromatic nitrogens is 1. The molecule has 0 radical (unpaired) electrons. The number of nitrogens with one attached hydrogen (secondary N) is 6. The summed E-state index contributed by atoms with van der Waals surface area (Å²) in [5.74, 6) is -9.61. The molecule has 0 saturated carbocycles. The summed E-state index contributed by atoms with van der Waals surface area (Å²) in [6, 6.07) is -1.01. The molecule has 402 valence electrons. The summed E-state index contributed by atoms with van der Waals surface area (Å²) in [6.45, 7) is 0.250. The minimum Gasteiger partial charge on any atom is -0.480 e. The number of thiol groups is 1. The van der Waals surface area contributed by atoms with Crippen LogP contribution in [0.4, 0.5) is 0 Å². The Bertz CT molecular complexity index is 1900. The van der Waals surface area contributed by atoms with E-state index < -0.39 is 127 Å². The number of carbonyl (C=O) groups is 12. The van der Waals surface area contributed by atoms with Crippen LogP contribution in [0, 0.1) is 0 Å². The predicted octanol–water partition coefficient (Wildman–Crippen LogP) is -2.61. The maximum Gasteiger partial charge on any atom is 0.322 e. The molecule has 1 aromatic heterocycles. The number of carbonyl (C=O) groups excluding carboxylic acids is 6. The molecule has 0 aliphatic rings. The van der Waals surface area contributed by atoms with E-state index in [-0.39, 0.29) is 63.2 Å². The van der Waals surface area contributed by atoms with Crippen LogP contribution in [0.5, 0.6) is 0 Å². The molecule has 6 unspecified atom stereocenters. The van der Waals surface area contributed by atoms with Crippen LogP contribution in [0.15, 0.2) is 29.4 Å². The Balaban J connectivity index is -0.000000982. The van der Waals surface area contributed by atoms with Gasteiger partial charge in [0.15, 0.2) is 0 Å². The average molecular weight is 1110 g/mol. The lowest BCUT2D eigenvalue weighted by Gasteiger charge is -2.17. The topological polar surface area (TPSA) is 489 Å². The monoisotopic (exact) mass is 1110 g/mol. The van der Waals surface area contributed by atoms with Crippen molar-refractivity contribution in [3.8, 4) is 0 Å². The summed E-state index contributed by atoms with van der Waals surface area (Å²) in [6.07, 6.45) is 0.937. The smallest absolute Gasteiger partial charge is 0.322 e. The fourth-order valence-electron chi connectivity index (χ4n) is 4.21. The van der Waals surface area contributed by atoms with Gasteiger partial charge in [-0.25, -0.2) is 4.98 Å². The molecule has 0 bridgehead atoms. The van der Waals surface area contributed by atoms with Gasteiger partial charge < -0.3 is 79.7 Å². The quantitative estimate of drug-likeness (QED) is 0.0195. The molecule has 0 aromatic carbocycles. The van der Waals surface area contributed by atoms with Crippen molar-refractivity contribution in [2.24, 2.45) is 17.2 Å². The van der Waals surface area contributed by atoms with E-state index in [1.165, 1.54) is 43.2 Å². The van der Waals surface area contributed by atoms with Crippen LogP contribution < -0.4 is 49.1 Å².